The summed E-state index contributed by atoms with van der Waals surface area (Å²) in [6.45, 7) is -2.95. The summed E-state index contributed by atoms with van der Waals surface area (Å²) in [5.74, 6) is 0. The standard InChI is InChI=1S/C24H40O20/c25-1-5-11(29)19-17(35)21(39-5)37-3-7-9(27)14(32)16(34)24(42-7)44-20-12(30)6(2-26)40-22(18(20)36)38-4-8-10(28)13(31)15(33)23(41-8)43-19/h5-36H,1-4H2/t5-,6-,7-,8-,9-,10-,11-,12-,13+,14+,15-,16-,17-,18-,19+,20+,21-,22+,23-,24-/m1/s1. The average Bonchev–Trinajstić information content (AvgIpc) is 3.01. The molecule has 8 bridgehead atoms. The van der Waals surface area contributed by atoms with Gasteiger partial charge in [-0.1, -0.05) is 0 Å². The van der Waals surface area contributed by atoms with Crippen LogP contribution >= 0.6 is 0 Å². The number of hydrogen-bond donors (Lipinski definition) is 12. The van der Waals surface area contributed by atoms with Crippen molar-refractivity contribution in [2.24, 2.45) is 0 Å². The third-order valence-corrected chi connectivity index (χ3v) is 8.41. The smallest absolute Gasteiger partial charge is 0.187 e. The summed E-state index contributed by atoms with van der Waals surface area (Å²) < 4.78 is 44.3. The van der Waals surface area contributed by atoms with Gasteiger partial charge in [-0.25, -0.2) is 0 Å². The first kappa shape index (κ1) is 34.5. The van der Waals surface area contributed by atoms with Crippen molar-refractivity contribution >= 4 is 0 Å². The van der Waals surface area contributed by atoms with Gasteiger partial charge in [-0.05, 0) is 0 Å². The topological polar surface area (TPSA) is 317 Å². The molecule has 0 aromatic heterocycles. The Morgan fingerprint density at radius 1 is 0.364 bits per heavy atom. The zero-order chi connectivity index (χ0) is 32.0. The van der Waals surface area contributed by atoms with Crippen LogP contribution < -0.4 is 0 Å². The van der Waals surface area contributed by atoms with E-state index < -0.39 is 149 Å². The second-order valence-electron chi connectivity index (χ2n) is 11.3. The first-order valence-corrected chi connectivity index (χ1v) is 14.1. The van der Waals surface area contributed by atoms with Crippen molar-refractivity contribution in [3.05, 3.63) is 0 Å². The van der Waals surface area contributed by atoms with Gasteiger partial charge < -0.3 is 99.2 Å². The van der Waals surface area contributed by atoms with Crippen LogP contribution in [-0.2, 0) is 37.9 Å². The summed E-state index contributed by atoms with van der Waals surface area (Å²) in [6.07, 6.45) is -34.8. The molecule has 44 heavy (non-hydrogen) atoms. The summed E-state index contributed by atoms with van der Waals surface area (Å²) in [7, 11) is 0. The quantitative estimate of drug-likeness (QED) is 0.132. The largest absolute Gasteiger partial charge is 0.394 e. The van der Waals surface area contributed by atoms with Gasteiger partial charge in [0, 0.05) is 0 Å². The van der Waals surface area contributed by atoms with Gasteiger partial charge >= 0.3 is 0 Å². The van der Waals surface area contributed by atoms with Gasteiger partial charge in [0.1, 0.15) is 97.7 Å². The molecule has 5 aliphatic rings. The Morgan fingerprint density at radius 3 is 1.07 bits per heavy atom. The van der Waals surface area contributed by atoms with E-state index in [9.17, 15) is 61.3 Å². The minimum Gasteiger partial charge on any atom is -0.394 e. The number of aliphatic hydroxyl groups is 12. The number of hydrogen-bond acceptors (Lipinski definition) is 20. The molecule has 0 spiro atoms. The Morgan fingerprint density at radius 2 is 0.727 bits per heavy atom. The second-order valence-corrected chi connectivity index (χ2v) is 11.3. The summed E-state index contributed by atoms with van der Waals surface area (Å²) in [5.41, 5.74) is 0. The molecule has 0 aromatic rings. The van der Waals surface area contributed by atoms with Crippen LogP contribution in [-0.4, -0.2) is 211 Å². The summed E-state index contributed by atoms with van der Waals surface area (Å²) in [5, 5.41) is 126. The minimum absolute atomic E-state index is 0.674. The Balaban J connectivity index is 1.47. The number of aliphatic hydroxyl groups excluding tert-OH is 12. The Bertz CT molecular complexity index is 860. The van der Waals surface area contributed by atoms with E-state index in [1.54, 1.807) is 0 Å². The Hall–Kier alpha value is -0.800. The highest BCUT2D eigenvalue weighted by molar-refractivity contribution is 4.97. The molecule has 0 amide bonds. The molecule has 20 heteroatoms. The molecule has 20 nitrogen and oxygen atoms in total. The number of fused-ring (bicyclic) bond motifs is 8. The zero-order valence-corrected chi connectivity index (χ0v) is 23.0. The highest BCUT2D eigenvalue weighted by Crippen LogP contribution is 2.33. The zero-order valence-electron chi connectivity index (χ0n) is 23.0. The van der Waals surface area contributed by atoms with E-state index in [0.29, 0.717) is 0 Å². The third kappa shape index (κ3) is 6.50. The average molecular weight is 649 g/mol. The molecule has 0 aromatic carbocycles. The molecule has 20 atom stereocenters. The minimum atomic E-state index is -1.93. The lowest BCUT2D eigenvalue weighted by molar-refractivity contribution is -0.383. The molecule has 0 aliphatic carbocycles. The fraction of sp³-hybridized carbons (Fsp3) is 1.00. The normalized spacial score (nSPS) is 55.9. The van der Waals surface area contributed by atoms with Crippen molar-refractivity contribution < 1.29 is 99.2 Å². The maximum absolute atomic E-state index is 11.0. The summed E-state index contributed by atoms with van der Waals surface area (Å²) in [4.78, 5) is 0. The second kappa shape index (κ2) is 14.1. The highest BCUT2D eigenvalue weighted by atomic mass is 16.8. The van der Waals surface area contributed by atoms with Gasteiger partial charge in [0.25, 0.3) is 0 Å². The van der Waals surface area contributed by atoms with Crippen molar-refractivity contribution in [3.8, 4) is 0 Å². The Kier molecular flexibility index (Phi) is 11.1. The molecule has 256 valence electrons. The van der Waals surface area contributed by atoms with Crippen molar-refractivity contribution in [1.82, 2.24) is 0 Å². The van der Waals surface area contributed by atoms with Gasteiger partial charge in [0.15, 0.2) is 25.2 Å². The fourth-order valence-corrected chi connectivity index (χ4v) is 5.73. The predicted molar refractivity (Wildman–Crippen MR) is 131 cm³/mol. The van der Waals surface area contributed by atoms with E-state index in [-0.39, 0.29) is 0 Å². The maximum Gasteiger partial charge on any atom is 0.187 e. The molecule has 5 fully saturated rings. The van der Waals surface area contributed by atoms with Crippen LogP contribution in [0.3, 0.4) is 0 Å². The van der Waals surface area contributed by atoms with E-state index in [1.807, 2.05) is 0 Å². The van der Waals surface area contributed by atoms with Crippen LogP contribution in [0.5, 0.6) is 0 Å². The van der Waals surface area contributed by atoms with Crippen LogP contribution in [0, 0.1) is 0 Å². The SMILES string of the molecule is OC[C@H]1O[C@H]2OC[C@H]3O[C@H](O[C@@H]4[C@@H](O)[C@@H](OC[C@H]5O[C@H](O[C@H]([C@H]2O)[C@@H]1O)[C@H](O)[C@@H](O)[C@@H]5O)O[C@H](CO)[C@H]4O)[C@H](O)[C@@H](O)[C@@H]3O. The number of ether oxygens (including phenoxy) is 8. The van der Waals surface area contributed by atoms with Crippen LogP contribution in [0.2, 0.25) is 0 Å². The van der Waals surface area contributed by atoms with Gasteiger partial charge in [0.05, 0.1) is 26.4 Å². The summed E-state index contributed by atoms with van der Waals surface area (Å²) >= 11 is 0. The summed E-state index contributed by atoms with van der Waals surface area (Å²) in [6, 6.07) is 0. The van der Waals surface area contributed by atoms with Crippen LogP contribution in [0.1, 0.15) is 0 Å². The van der Waals surface area contributed by atoms with E-state index >= 15 is 0 Å². The molecule has 5 rings (SSSR count). The van der Waals surface area contributed by atoms with Gasteiger partial charge in [-0.2, -0.15) is 0 Å². The van der Waals surface area contributed by atoms with Crippen LogP contribution in [0.4, 0.5) is 0 Å². The highest BCUT2D eigenvalue weighted by Gasteiger charge is 2.54. The first-order valence-electron chi connectivity index (χ1n) is 14.1. The van der Waals surface area contributed by atoms with Crippen LogP contribution in [0.25, 0.3) is 0 Å². The first-order chi connectivity index (χ1) is 20.9. The lowest BCUT2D eigenvalue weighted by Crippen LogP contribution is -2.67. The van der Waals surface area contributed by atoms with E-state index in [4.69, 9.17) is 37.9 Å². The van der Waals surface area contributed by atoms with Crippen LogP contribution in [0.15, 0.2) is 0 Å². The molecule has 5 aliphatic heterocycles. The van der Waals surface area contributed by atoms with Crippen molar-refractivity contribution in [3.63, 3.8) is 0 Å². The molecular weight excluding hydrogens is 608 g/mol. The Labute approximate surface area is 249 Å². The van der Waals surface area contributed by atoms with Gasteiger partial charge in [-0.15, -0.1) is 0 Å². The molecule has 0 saturated carbocycles. The van der Waals surface area contributed by atoms with Crippen molar-refractivity contribution in [2.45, 2.75) is 123 Å². The lowest BCUT2D eigenvalue weighted by atomic mass is 9.96. The van der Waals surface area contributed by atoms with E-state index in [2.05, 4.69) is 0 Å². The third-order valence-electron chi connectivity index (χ3n) is 8.41. The molecule has 5 heterocycles. The lowest BCUT2D eigenvalue weighted by Gasteiger charge is -2.48. The van der Waals surface area contributed by atoms with Gasteiger partial charge in [0.2, 0.25) is 0 Å². The molecule has 12 N–H and O–H groups in total. The van der Waals surface area contributed by atoms with Crippen molar-refractivity contribution in [1.29, 1.82) is 0 Å². The number of rotatable bonds is 2. The van der Waals surface area contributed by atoms with Crippen molar-refractivity contribution in [2.75, 3.05) is 26.4 Å². The maximum atomic E-state index is 11.0. The van der Waals surface area contributed by atoms with E-state index in [0.717, 1.165) is 0 Å². The molecular formula is C24H40O20. The monoisotopic (exact) mass is 648 g/mol. The molecule has 5 saturated heterocycles. The molecule has 0 unspecified atom stereocenters. The fourth-order valence-electron chi connectivity index (χ4n) is 5.73. The van der Waals surface area contributed by atoms with E-state index in [1.165, 1.54) is 0 Å². The predicted octanol–water partition coefficient (Wildman–Crippen LogP) is -8.70. The molecule has 0 radical (unpaired) electrons. The van der Waals surface area contributed by atoms with Gasteiger partial charge in [-0.3, -0.25) is 0 Å².